The topological polar surface area (TPSA) is 111 Å². The molecule has 2 aliphatic carbocycles. The lowest BCUT2D eigenvalue weighted by Crippen LogP contribution is -2.60. The number of hydrogen-bond donors (Lipinski definition) is 1. The van der Waals surface area contributed by atoms with Crippen molar-refractivity contribution in [2.75, 3.05) is 17.0 Å². The maximum absolute atomic E-state index is 15.2. The van der Waals surface area contributed by atoms with Crippen molar-refractivity contribution in [3.63, 3.8) is 0 Å². The van der Waals surface area contributed by atoms with Crippen molar-refractivity contribution >= 4 is 81.5 Å². The monoisotopic (exact) mass is 842 g/mol. The molecule has 54 heavy (non-hydrogen) atoms. The Morgan fingerprint density at radius 2 is 1.48 bits per heavy atom. The second-order valence-electron chi connectivity index (χ2n) is 12.9. The van der Waals surface area contributed by atoms with E-state index < -0.39 is 122 Å². The van der Waals surface area contributed by atoms with Gasteiger partial charge in [-0.2, -0.15) is 18.2 Å². The molecular formula is C33H18Cl4F8N4O5. The number of phenols is 1. The summed E-state index contributed by atoms with van der Waals surface area (Å²) in [5, 5.41) is 11.8. The number of fused-ring (bicyclic) bond motifs is 4. The predicted molar refractivity (Wildman–Crippen MR) is 174 cm³/mol. The quantitative estimate of drug-likeness (QED) is 0.0727. The molecular weight excluding hydrogens is 826 g/mol. The van der Waals surface area contributed by atoms with Gasteiger partial charge in [-0.25, -0.2) is 31.8 Å². The van der Waals surface area contributed by atoms with E-state index in [0.29, 0.717) is 16.1 Å². The Morgan fingerprint density at radius 3 is 2.09 bits per heavy atom. The van der Waals surface area contributed by atoms with Crippen LogP contribution in [0.2, 0.25) is 10.0 Å². The standard InChI is InChI=1S/C33H18Cl4F8N4O5/c1-47(26-15(35)5-7-17(46-26)33(43,44)45)49-27(51)12-4-3-11-14(18(12)28(49)52)9-31(36)29(53)48(25-23(41)21(39)20(38)22(40)24(25)42)30(54)32(31,37)19(11)13-8-10(34)2-6-16(13)50/h2-3,5-8,12,14,18-19,50H,4,9H2,1H3/t12-,14+,18-,19+,31+,32-/m0/s1. The van der Waals surface area contributed by atoms with Gasteiger partial charge in [-0.05, 0) is 49.1 Å². The second-order valence-corrected chi connectivity index (χ2v) is 15.0. The van der Waals surface area contributed by atoms with Crippen LogP contribution in [0.4, 0.5) is 46.6 Å². The molecule has 0 spiro atoms. The zero-order valence-corrected chi connectivity index (χ0v) is 29.6. The Hall–Kier alpha value is -4.19. The number of imide groups is 2. The molecule has 1 N–H and O–H groups in total. The van der Waals surface area contributed by atoms with Crippen molar-refractivity contribution in [1.29, 1.82) is 0 Å². The number of aromatic nitrogens is 1. The average molecular weight is 844 g/mol. The maximum Gasteiger partial charge on any atom is 0.433 e. The zero-order chi connectivity index (χ0) is 39.7. The van der Waals surface area contributed by atoms with Crippen molar-refractivity contribution in [2.24, 2.45) is 17.8 Å². The van der Waals surface area contributed by atoms with Crippen LogP contribution in [0, 0.1) is 46.8 Å². The van der Waals surface area contributed by atoms with Crippen molar-refractivity contribution in [2.45, 2.75) is 34.7 Å². The van der Waals surface area contributed by atoms with Gasteiger partial charge in [0.25, 0.3) is 23.6 Å². The third kappa shape index (κ3) is 5.00. The van der Waals surface area contributed by atoms with E-state index in [0.717, 1.165) is 25.2 Å². The van der Waals surface area contributed by atoms with E-state index in [1.807, 2.05) is 0 Å². The second kappa shape index (κ2) is 12.4. The highest BCUT2D eigenvalue weighted by molar-refractivity contribution is 6.58. The molecule has 4 amide bonds. The number of phenolic OH excluding ortho intramolecular Hbond substituents is 1. The Morgan fingerprint density at radius 1 is 0.870 bits per heavy atom. The number of aromatic hydroxyl groups is 1. The summed E-state index contributed by atoms with van der Waals surface area (Å²) < 4.78 is 114. The van der Waals surface area contributed by atoms with E-state index in [2.05, 4.69) is 4.98 Å². The summed E-state index contributed by atoms with van der Waals surface area (Å²) >= 11 is 26.4. The fourth-order valence-electron chi connectivity index (χ4n) is 7.86. The molecule has 2 saturated heterocycles. The maximum atomic E-state index is 15.2. The van der Waals surface area contributed by atoms with Gasteiger partial charge in [0.2, 0.25) is 5.82 Å². The van der Waals surface area contributed by atoms with E-state index in [9.17, 15) is 50.6 Å². The van der Waals surface area contributed by atoms with Crippen LogP contribution in [0.3, 0.4) is 0 Å². The highest BCUT2D eigenvalue weighted by atomic mass is 35.5. The number of pyridine rings is 1. The molecule has 0 unspecified atom stereocenters. The molecule has 21 heteroatoms. The summed E-state index contributed by atoms with van der Waals surface area (Å²) in [6, 6.07) is 4.79. The highest BCUT2D eigenvalue weighted by Gasteiger charge is 2.77. The number of hydrogen-bond acceptors (Lipinski definition) is 7. The largest absolute Gasteiger partial charge is 0.508 e. The van der Waals surface area contributed by atoms with E-state index in [-0.39, 0.29) is 32.5 Å². The molecule has 3 aromatic rings. The summed E-state index contributed by atoms with van der Waals surface area (Å²) in [6.45, 7) is 0. The van der Waals surface area contributed by atoms with E-state index in [4.69, 9.17) is 46.4 Å². The molecule has 2 aliphatic heterocycles. The number of amides is 4. The minimum Gasteiger partial charge on any atom is -0.508 e. The van der Waals surface area contributed by atoms with Crippen LogP contribution in [-0.2, 0) is 25.4 Å². The van der Waals surface area contributed by atoms with Crippen LogP contribution in [-0.4, -0.2) is 55.5 Å². The molecule has 7 rings (SSSR count). The van der Waals surface area contributed by atoms with Gasteiger partial charge in [0, 0.05) is 23.6 Å². The summed E-state index contributed by atoms with van der Waals surface area (Å²) in [6.07, 6.45) is -4.79. The number of benzene rings is 2. The lowest BCUT2D eigenvalue weighted by atomic mass is 9.56. The summed E-state index contributed by atoms with van der Waals surface area (Å²) in [5.41, 5.74) is -3.73. The molecule has 2 aromatic carbocycles. The highest BCUT2D eigenvalue weighted by Crippen LogP contribution is 2.67. The number of alkyl halides is 5. The normalized spacial score (nSPS) is 28.0. The van der Waals surface area contributed by atoms with Crippen LogP contribution < -0.4 is 9.91 Å². The molecule has 284 valence electrons. The first-order valence-corrected chi connectivity index (χ1v) is 16.9. The van der Waals surface area contributed by atoms with E-state index in [1.54, 1.807) is 0 Å². The van der Waals surface area contributed by atoms with Gasteiger partial charge in [0.05, 0.1) is 16.9 Å². The van der Waals surface area contributed by atoms with Crippen molar-refractivity contribution < 1.29 is 59.4 Å². The molecule has 1 aromatic heterocycles. The van der Waals surface area contributed by atoms with Gasteiger partial charge >= 0.3 is 6.18 Å². The number of carbonyl (C=O) groups excluding carboxylic acids is 4. The minimum atomic E-state index is -4.95. The lowest BCUT2D eigenvalue weighted by molar-refractivity contribution is -0.141. The fraction of sp³-hybridized carbons (Fsp3) is 0.303. The Balaban J connectivity index is 1.39. The number of anilines is 2. The molecule has 0 radical (unpaired) electrons. The Kier molecular flexibility index (Phi) is 8.76. The molecule has 3 heterocycles. The van der Waals surface area contributed by atoms with Crippen molar-refractivity contribution in [1.82, 2.24) is 9.99 Å². The lowest BCUT2D eigenvalue weighted by Gasteiger charge is -2.50. The van der Waals surface area contributed by atoms with Gasteiger partial charge in [-0.3, -0.25) is 24.2 Å². The van der Waals surface area contributed by atoms with Gasteiger partial charge in [0.15, 0.2) is 38.8 Å². The summed E-state index contributed by atoms with van der Waals surface area (Å²) in [4.78, 5) is 54.1. The van der Waals surface area contributed by atoms with Crippen molar-refractivity contribution in [3.05, 3.63) is 92.4 Å². The number of allylic oxidation sites excluding steroid dienone is 2. The van der Waals surface area contributed by atoms with Crippen LogP contribution in [0.1, 0.15) is 30.0 Å². The third-order valence-corrected chi connectivity index (χ3v) is 12.2. The smallest absolute Gasteiger partial charge is 0.433 e. The van der Waals surface area contributed by atoms with Gasteiger partial charge in [0.1, 0.15) is 17.1 Å². The van der Waals surface area contributed by atoms with Crippen LogP contribution in [0.25, 0.3) is 0 Å². The van der Waals surface area contributed by atoms with Crippen LogP contribution in [0.5, 0.6) is 5.75 Å². The average Bonchev–Trinajstić information content (AvgIpc) is 3.45. The van der Waals surface area contributed by atoms with Crippen LogP contribution in [0.15, 0.2) is 42.0 Å². The SMILES string of the molecule is CN(c1nc(C(F)(F)F)ccc1Cl)N1C(=O)[C@H]2[C@H](CC=C3[C@H]2C[C@@]2(Cl)C(=O)N(c4c(F)c(F)c(F)c(F)c4F)C(=O)[C@@]2(Cl)[C@H]3c2cc(Cl)ccc2O)C1=O. The Labute approximate surface area is 317 Å². The number of nitrogens with zero attached hydrogens (tertiary/aromatic N) is 4. The first-order chi connectivity index (χ1) is 25.1. The van der Waals surface area contributed by atoms with Gasteiger partial charge in [-0.1, -0.05) is 34.9 Å². The number of hydrazine groups is 1. The Bertz CT molecular complexity index is 2250. The van der Waals surface area contributed by atoms with Crippen LogP contribution >= 0.6 is 46.4 Å². The van der Waals surface area contributed by atoms with E-state index in [1.165, 1.54) is 12.1 Å². The first kappa shape index (κ1) is 38.1. The zero-order valence-electron chi connectivity index (χ0n) is 26.6. The van der Waals surface area contributed by atoms with Crippen molar-refractivity contribution in [3.8, 4) is 5.75 Å². The number of halogens is 12. The molecule has 3 fully saturated rings. The minimum absolute atomic E-state index is 0.0126. The molecule has 1 saturated carbocycles. The first-order valence-electron chi connectivity index (χ1n) is 15.4. The molecule has 9 nitrogen and oxygen atoms in total. The molecule has 6 atom stereocenters. The summed E-state index contributed by atoms with van der Waals surface area (Å²) in [7, 11) is 1.04. The number of carbonyl (C=O) groups is 4. The predicted octanol–water partition coefficient (Wildman–Crippen LogP) is 7.42. The summed E-state index contributed by atoms with van der Waals surface area (Å²) in [5.74, 6) is -25.6. The molecule has 4 aliphatic rings. The van der Waals surface area contributed by atoms with Gasteiger partial charge in [-0.15, -0.1) is 23.2 Å². The fourth-order valence-corrected chi connectivity index (χ4v) is 9.19. The third-order valence-electron chi connectivity index (χ3n) is 10.2. The van der Waals surface area contributed by atoms with E-state index >= 15 is 8.78 Å². The van der Waals surface area contributed by atoms with Gasteiger partial charge < -0.3 is 5.11 Å². The molecule has 0 bridgehead atoms. The number of rotatable bonds is 4.